The number of hydrogen-bond donors (Lipinski definition) is 2. The van der Waals surface area contributed by atoms with E-state index in [0.717, 1.165) is 0 Å². The molecular weight excluding hydrogens is 249 g/mol. The van der Waals surface area contributed by atoms with Crippen LogP contribution in [0.5, 0.6) is 0 Å². The molecule has 0 spiro atoms. The molecule has 106 valence electrons. The summed E-state index contributed by atoms with van der Waals surface area (Å²) in [5.41, 5.74) is 0. The lowest BCUT2D eigenvalue weighted by molar-refractivity contribution is -0.138. The second kappa shape index (κ2) is 6.93. The Morgan fingerprint density at radius 2 is 2.26 bits per heavy atom. The van der Waals surface area contributed by atoms with Crippen molar-refractivity contribution in [1.29, 1.82) is 0 Å². The van der Waals surface area contributed by atoms with Gasteiger partial charge in [0.05, 0.1) is 5.76 Å². The predicted molar refractivity (Wildman–Crippen MR) is 69.6 cm³/mol. The first-order chi connectivity index (χ1) is 8.86. The normalized spacial score (nSPS) is 31.8. The highest BCUT2D eigenvalue weighted by Gasteiger charge is 2.43. The summed E-state index contributed by atoms with van der Waals surface area (Å²) >= 11 is 0. The van der Waals surface area contributed by atoms with Crippen molar-refractivity contribution in [2.24, 2.45) is 0 Å². The quantitative estimate of drug-likeness (QED) is 0.493. The molecule has 1 rings (SSSR count). The predicted octanol–water partition coefficient (Wildman–Crippen LogP) is -0.689. The lowest BCUT2D eigenvalue weighted by atomic mass is 9.92. The molecule has 0 aromatic carbocycles. The summed E-state index contributed by atoms with van der Waals surface area (Å²) < 4.78 is 16.0. The maximum atomic E-state index is 11.4. The van der Waals surface area contributed by atoms with Gasteiger partial charge in [0.25, 0.3) is 0 Å². The van der Waals surface area contributed by atoms with Crippen molar-refractivity contribution in [3.8, 4) is 0 Å². The summed E-state index contributed by atoms with van der Waals surface area (Å²) in [5.74, 6) is 0.230. The molecule has 2 N–H and O–H groups in total. The van der Waals surface area contributed by atoms with Crippen LogP contribution < -0.4 is 5.32 Å². The number of nitrogens with one attached hydrogen (secondary N) is 1. The van der Waals surface area contributed by atoms with Crippen LogP contribution in [0.2, 0.25) is 0 Å². The molecule has 1 heterocycles. The first-order valence-corrected chi connectivity index (χ1v) is 6.11. The lowest BCUT2D eigenvalue weighted by Crippen LogP contribution is -2.42. The monoisotopic (exact) mass is 269 g/mol. The summed E-state index contributed by atoms with van der Waals surface area (Å²) in [6.45, 7) is 7.00. The highest BCUT2D eigenvalue weighted by molar-refractivity contribution is 6.11. The molecule has 5 atom stereocenters. The van der Waals surface area contributed by atoms with Crippen molar-refractivity contribution in [3.63, 3.8) is 0 Å². The Morgan fingerprint density at radius 1 is 1.63 bits per heavy atom. The number of allylic oxidation sites excluding steroid dienone is 1. The van der Waals surface area contributed by atoms with E-state index in [2.05, 4.69) is 11.9 Å². The Morgan fingerprint density at radius 3 is 2.79 bits per heavy atom. The van der Waals surface area contributed by atoms with Gasteiger partial charge in [-0.3, -0.25) is 4.79 Å². The van der Waals surface area contributed by atoms with Crippen LogP contribution in [-0.2, 0) is 19.0 Å². The van der Waals surface area contributed by atoms with Gasteiger partial charge in [-0.2, -0.15) is 0 Å². The highest BCUT2D eigenvalue weighted by Crippen LogP contribution is 2.24. The van der Waals surface area contributed by atoms with E-state index in [1.165, 1.54) is 7.05 Å². The SMILES string of the molecule is [B]C1OC(COC(=C)C)C(O)C1OC(C)C(=O)NC. The number of aliphatic hydroxyl groups is 1. The van der Waals surface area contributed by atoms with E-state index < -0.39 is 30.4 Å². The van der Waals surface area contributed by atoms with Gasteiger partial charge in [0.2, 0.25) is 5.91 Å². The van der Waals surface area contributed by atoms with Crippen molar-refractivity contribution in [2.75, 3.05) is 13.7 Å². The highest BCUT2D eigenvalue weighted by atomic mass is 16.6. The van der Waals surface area contributed by atoms with Crippen molar-refractivity contribution in [2.45, 2.75) is 44.3 Å². The molecule has 0 saturated carbocycles. The standard InChI is InChI=1S/C12H20BNO5/c1-6(2)17-5-8-9(15)10(11(13)19-8)18-7(3)12(16)14-4/h7-11,15H,1,5H2,2-4H3,(H,14,16). The zero-order valence-electron chi connectivity index (χ0n) is 11.5. The summed E-state index contributed by atoms with van der Waals surface area (Å²) in [5, 5.41) is 12.5. The molecule has 0 aliphatic carbocycles. The molecule has 1 amide bonds. The summed E-state index contributed by atoms with van der Waals surface area (Å²) in [7, 11) is 7.25. The third-order valence-electron chi connectivity index (χ3n) is 2.84. The summed E-state index contributed by atoms with van der Waals surface area (Å²) in [6.07, 6.45) is -3.05. The van der Waals surface area contributed by atoms with Gasteiger partial charge in [0.1, 0.15) is 38.9 Å². The minimum absolute atomic E-state index is 0.137. The Balaban J connectivity index is 2.55. The summed E-state index contributed by atoms with van der Waals surface area (Å²) in [6, 6.07) is -0.805. The molecule has 0 aromatic rings. The zero-order valence-corrected chi connectivity index (χ0v) is 11.5. The Kier molecular flexibility index (Phi) is 5.84. The largest absolute Gasteiger partial charge is 0.496 e. The van der Waals surface area contributed by atoms with Crippen LogP contribution in [0, 0.1) is 0 Å². The number of carbonyl (C=O) groups is 1. The topological polar surface area (TPSA) is 77.0 Å². The number of carbonyl (C=O) groups excluding carboxylic acids is 1. The third kappa shape index (κ3) is 4.23. The zero-order chi connectivity index (χ0) is 14.6. The van der Waals surface area contributed by atoms with Crippen molar-refractivity contribution in [3.05, 3.63) is 12.3 Å². The van der Waals surface area contributed by atoms with Crippen LogP contribution in [0.15, 0.2) is 12.3 Å². The van der Waals surface area contributed by atoms with E-state index in [1.54, 1.807) is 13.8 Å². The van der Waals surface area contributed by atoms with Gasteiger partial charge in [-0.1, -0.05) is 6.58 Å². The van der Waals surface area contributed by atoms with Crippen LogP contribution in [0.25, 0.3) is 0 Å². The average Bonchev–Trinajstić information content (AvgIpc) is 2.62. The van der Waals surface area contributed by atoms with Gasteiger partial charge in [-0.25, -0.2) is 0 Å². The molecule has 5 unspecified atom stereocenters. The average molecular weight is 269 g/mol. The van der Waals surface area contributed by atoms with Gasteiger partial charge in [0.15, 0.2) is 0 Å². The van der Waals surface area contributed by atoms with Gasteiger partial charge in [0, 0.05) is 13.1 Å². The van der Waals surface area contributed by atoms with Crippen LogP contribution in [-0.4, -0.2) is 62.9 Å². The fourth-order valence-corrected chi connectivity index (χ4v) is 1.79. The number of hydrogen-bond acceptors (Lipinski definition) is 5. The fraction of sp³-hybridized carbons (Fsp3) is 0.750. The van der Waals surface area contributed by atoms with Crippen LogP contribution >= 0.6 is 0 Å². The molecule has 0 bridgehead atoms. The molecule has 1 aliphatic heterocycles. The molecule has 0 aromatic heterocycles. The number of ether oxygens (including phenoxy) is 3. The van der Waals surface area contributed by atoms with E-state index in [9.17, 15) is 9.90 Å². The number of aliphatic hydroxyl groups excluding tert-OH is 1. The van der Waals surface area contributed by atoms with Crippen LogP contribution in [0.3, 0.4) is 0 Å². The number of rotatable bonds is 6. The molecule has 1 aliphatic rings. The maximum Gasteiger partial charge on any atom is 0.248 e. The van der Waals surface area contributed by atoms with E-state index in [0.29, 0.717) is 5.76 Å². The van der Waals surface area contributed by atoms with E-state index in [1.807, 2.05) is 0 Å². The maximum absolute atomic E-state index is 11.4. The van der Waals surface area contributed by atoms with E-state index >= 15 is 0 Å². The molecule has 1 fully saturated rings. The third-order valence-corrected chi connectivity index (χ3v) is 2.84. The lowest BCUT2D eigenvalue weighted by Gasteiger charge is -2.22. The Labute approximate surface area is 114 Å². The van der Waals surface area contributed by atoms with Crippen molar-refractivity contribution < 1.29 is 24.1 Å². The molecule has 1 saturated heterocycles. The number of amides is 1. The molecule has 6 nitrogen and oxygen atoms in total. The second-order valence-corrected chi connectivity index (χ2v) is 4.50. The number of likely N-dealkylation sites (N-methyl/N-ethyl adjacent to an activating group) is 1. The smallest absolute Gasteiger partial charge is 0.248 e. The first kappa shape index (κ1) is 16.0. The minimum atomic E-state index is -0.957. The Hall–Kier alpha value is -1.05. The van der Waals surface area contributed by atoms with Gasteiger partial charge in [-0.05, 0) is 13.8 Å². The summed E-state index contributed by atoms with van der Waals surface area (Å²) in [4.78, 5) is 11.4. The van der Waals surface area contributed by atoms with Crippen LogP contribution in [0.4, 0.5) is 0 Å². The molecular formula is C12H20BNO5. The van der Waals surface area contributed by atoms with Gasteiger partial charge >= 0.3 is 0 Å². The van der Waals surface area contributed by atoms with Crippen molar-refractivity contribution >= 4 is 13.8 Å². The molecule has 7 heteroatoms. The Bertz CT molecular complexity index is 338. The van der Waals surface area contributed by atoms with Gasteiger partial charge in [-0.15, -0.1) is 0 Å². The van der Waals surface area contributed by atoms with Crippen LogP contribution in [0.1, 0.15) is 13.8 Å². The van der Waals surface area contributed by atoms with Gasteiger partial charge < -0.3 is 24.6 Å². The fourth-order valence-electron chi connectivity index (χ4n) is 1.79. The second-order valence-electron chi connectivity index (χ2n) is 4.50. The molecule has 19 heavy (non-hydrogen) atoms. The minimum Gasteiger partial charge on any atom is -0.496 e. The van der Waals surface area contributed by atoms with E-state index in [4.69, 9.17) is 22.1 Å². The molecule has 2 radical (unpaired) electrons. The van der Waals surface area contributed by atoms with Crippen molar-refractivity contribution in [1.82, 2.24) is 5.32 Å². The first-order valence-electron chi connectivity index (χ1n) is 6.11. The van der Waals surface area contributed by atoms with E-state index in [-0.39, 0.29) is 12.5 Å².